The van der Waals surface area contributed by atoms with Crippen molar-refractivity contribution in [2.24, 2.45) is 0 Å². The second kappa shape index (κ2) is 17.4. The first kappa shape index (κ1) is 20.4. The highest BCUT2D eigenvalue weighted by atomic mass is 19.2. The Hall–Kier alpha value is -0.610. The first-order valence-corrected chi connectivity index (χ1v) is 8.64. The third kappa shape index (κ3) is 17.3. The third-order valence-corrected chi connectivity index (χ3v) is 3.45. The van der Waals surface area contributed by atoms with Crippen molar-refractivity contribution in [3.05, 3.63) is 12.3 Å². The largest absolute Gasteiger partial charge is 0.389 e. The van der Waals surface area contributed by atoms with E-state index in [9.17, 15) is 4.48 Å². The van der Waals surface area contributed by atoms with Gasteiger partial charge in [0.25, 0.3) is 0 Å². The van der Waals surface area contributed by atoms with Gasteiger partial charge in [-0.25, -0.2) is 0 Å². The van der Waals surface area contributed by atoms with Crippen LogP contribution in [0, 0.1) is 0 Å². The van der Waals surface area contributed by atoms with Crippen LogP contribution in [0.4, 0.5) is 4.48 Å². The van der Waals surface area contributed by atoms with Gasteiger partial charge in [-0.15, -0.1) is 4.48 Å². The molecule has 0 saturated carbocycles. The summed E-state index contributed by atoms with van der Waals surface area (Å²) in [6, 6.07) is 0. The van der Waals surface area contributed by atoms with Gasteiger partial charge in [-0.1, -0.05) is 52.0 Å². The van der Waals surface area contributed by atoms with Crippen LogP contribution in [0.5, 0.6) is 0 Å². The van der Waals surface area contributed by atoms with Crippen molar-refractivity contribution in [2.45, 2.75) is 71.1 Å². The maximum atomic E-state index is 11.6. The molecule has 0 amide bonds. The lowest BCUT2D eigenvalue weighted by Crippen LogP contribution is -2.15. The lowest BCUT2D eigenvalue weighted by Gasteiger charge is -2.08. The number of rotatable bonds is 17. The van der Waals surface area contributed by atoms with Crippen LogP contribution >= 0.6 is 0 Å². The van der Waals surface area contributed by atoms with E-state index in [2.05, 4.69) is 18.8 Å². The number of nitrogens with one attached hydrogen (secondary N) is 2. The molecule has 0 fully saturated rings. The molecule has 0 aromatic rings. The number of hydrogen-bond donors (Lipinski definition) is 2. The molecule has 126 valence electrons. The average molecular weight is 302 g/mol. The summed E-state index contributed by atoms with van der Waals surface area (Å²) < 4.78 is 17.2. The zero-order valence-corrected chi connectivity index (χ0v) is 13.9. The Balaban J connectivity index is 3.01. The molecule has 0 aromatic carbocycles. The highest BCUT2D eigenvalue weighted by molar-refractivity contribution is 4.89. The summed E-state index contributed by atoms with van der Waals surface area (Å²) >= 11 is 0. The predicted octanol–water partition coefficient (Wildman–Crippen LogP) is 4.50. The van der Waals surface area contributed by atoms with E-state index in [4.69, 9.17) is 4.74 Å². The summed E-state index contributed by atoms with van der Waals surface area (Å²) in [4.78, 5) is 0. The summed E-state index contributed by atoms with van der Waals surface area (Å²) in [5, 5.41) is 3.32. The van der Waals surface area contributed by atoms with Crippen LogP contribution < -0.4 is 10.9 Å². The van der Waals surface area contributed by atoms with Crippen LogP contribution in [0.25, 0.3) is 0 Å². The number of allylic oxidation sites excluding steroid dienone is 1. The molecule has 0 aliphatic heterocycles. The highest BCUT2D eigenvalue weighted by Gasteiger charge is 1.94. The van der Waals surface area contributed by atoms with E-state index >= 15 is 0 Å². The lowest BCUT2D eigenvalue weighted by atomic mass is 10.1. The smallest absolute Gasteiger partial charge is 0.0482 e. The van der Waals surface area contributed by atoms with Gasteiger partial charge in [0.2, 0.25) is 0 Å². The van der Waals surface area contributed by atoms with E-state index < -0.39 is 0 Å². The zero-order chi connectivity index (χ0) is 15.6. The molecule has 2 N–H and O–H groups in total. The number of halogens is 1. The minimum absolute atomic E-state index is 0.495. The Morgan fingerprint density at radius 2 is 1.52 bits per heavy atom. The summed E-state index contributed by atoms with van der Waals surface area (Å²) in [5.41, 5.74) is 2.83. The fraction of sp³-hybridized carbons (Fsp3) is 0.882. The topological polar surface area (TPSA) is 33.3 Å². The Morgan fingerprint density at radius 3 is 2.19 bits per heavy atom. The van der Waals surface area contributed by atoms with Gasteiger partial charge in [-0.2, -0.15) is 5.54 Å². The minimum atomic E-state index is 0.495. The molecule has 0 atom stereocenters. The maximum Gasteiger partial charge on any atom is 0.0482 e. The molecular formula is C17H35FN2O. The Kier molecular flexibility index (Phi) is 16.9. The fourth-order valence-corrected chi connectivity index (χ4v) is 2.21. The van der Waals surface area contributed by atoms with E-state index in [1.165, 1.54) is 25.7 Å². The van der Waals surface area contributed by atoms with Crippen molar-refractivity contribution < 1.29 is 9.22 Å². The van der Waals surface area contributed by atoms with Gasteiger partial charge in [0.05, 0.1) is 0 Å². The monoisotopic (exact) mass is 302 g/mol. The summed E-state index contributed by atoms with van der Waals surface area (Å²) in [5.74, 6) is 0. The van der Waals surface area contributed by atoms with E-state index in [0.717, 1.165) is 64.0 Å². The van der Waals surface area contributed by atoms with Crippen molar-refractivity contribution in [1.82, 2.24) is 10.9 Å². The quantitative estimate of drug-likeness (QED) is 0.306. The van der Waals surface area contributed by atoms with Crippen molar-refractivity contribution in [2.75, 3.05) is 26.3 Å². The van der Waals surface area contributed by atoms with Crippen molar-refractivity contribution in [1.29, 1.82) is 0 Å². The minimum Gasteiger partial charge on any atom is -0.389 e. The SMILES string of the molecule is C=C(CCC)NCCCOCCCCCCCCCNF. The second-order valence-corrected chi connectivity index (χ2v) is 5.60. The van der Waals surface area contributed by atoms with Crippen LogP contribution in [0.2, 0.25) is 0 Å². The van der Waals surface area contributed by atoms with Gasteiger partial charge in [-0.3, -0.25) is 0 Å². The molecule has 3 nitrogen and oxygen atoms in total. The number of unbranched alkanes of at least 4 members (excludes halogenated alkanes) is 6. The van der Waals surface area contributed by atoms with E-state index in [-0.39, 0.29) is 0 Å². The molecule has 21 heavy (non-hydrogen) atoms. The van der Waals surface area contributed by atoms with E-state index in [0.29, 0.717) is 6.54 Å². The molecule has 0 radical (unpaired) electrons. The van der Waals surface area contributed by atoms with E-state index in [1.807, 2.05) is 0 Å². The van der Waals surface area contributed by atoms with Crippen LogP contribution in [0.3, 0.4) is 0 Å². The van der Waals surface area contributed by atoms with Crippen molar-refractivity contribution >= 4 is 0 Å². The average Bonchev–Trinajstić information content (AvgIpc) is 2.48. The van der Waals surface area contributed by atoms with Crippen LogP contribution in [0.1, 0.15) is 71.1 Å². The molecule has 0 aromatic heterocycles. The van der Waals surface area contributed by atoms with Gasteiger partial charge in [0.1, 0.15) is 0 Å². The van der Waals surface area contributed by atoms with Gasteiger partial charge in [0.15, 0.2) is 0 Å². The lowest BCUT2D eigenvalue weighted by molar-refractivity contribution is 0.128. The molecule has 0 rings (SSSR count). The van der Waals surface area contributed by atoms with Crippen LogP contribution in [-0.4, -0.2) is 26.3 Å². The van der Waals surface area contributed by atoms with Crippen molar-refractivity contribution in [3.8, 4) is 0 Å². The fourth-order valence-electron chi connectivity index (χ4n) is 2.21. The molecule has 0 spiro atoms. The van der Waals surface area contributed by atoms with E-state index in [1.54, 1.807) is 5.54 Å². The van der Waals surface area contributed by atoms with Crippen molar-refractivity contribution in [3.63, 3.8) is 0 Å². The maximum absolute atomic E-state index is 11.6. The van der Waals surface area contributed by atoms with Crippen LogP contribution in [-0.2, 0) is 4.74 Å². The molecule has 0 aliphatic rings. The first-order chi connectivity index (χ1) is 10.3. The standard InChI is InChI=1S/C17H35FN2O/c1-3-12-17(2)19-13-11-16-21-15-10-8-6-4-5-7-9-14-20-18/h19-20H,2-16H2,1H3. The Morgan fingerprint density at radius 1 is 0.905 bits per heavy atom. The number of hydrogen-bond acceptors (Lipinski definition) is 3. The molecular weight excluding hydrogens is 267 g/mol. The second-order valence-electron chi connectivity index (χ2n) is 5.60. The highest BCUT2D eigenvalue weighted by Crippen LogP contribution is 2.07. The summed E-state index contributed by atoms with van der Waals surface area (Å²) in [6.07, 6.45) is 11.5. The molecule has 0 unspecified atom stereocenters. The normalized spacial score (nSPS) is 10.8. The van der Waals surface area contributed by atoms with Gasteiger partial charge < -0.3 is 10.1 Å². The third-order valence-electron chi connectivity index (χ3n) is 3.45. The first-order valence-electron chi connectivity index (χ1n) is 8.64. The van der Waals surface area contributed by atoms with Gasteiger partial charge in [-0.05, 0) is 25.7 Å². The molecule has 0 bridgehead atoms. The molecule has 0 heterocycles. The number of ether oxygens (including phenoxy) is 1. The van der Waals surface area contributed by atoms with Gasteiger partial charge >= 0.3 is 0 Å². The predicted molar refractivity (Wildman–Crippen MR) is 88.9 cm³/mol. The summed E-state index contributed by atoms with van der Waals surface area (Å²) in [6.45, 7) is 9.31. The molecule has 4 heteroatoms. The Bertz CT molecular complexity index is 225. The summed E-state index contributed by atoms with van der Waals surface area (Å²) in [7, 11) is 0. The Labute approximate surface area is 130 Å². The molecule has 0 saturated heterocycles. The molecule has 0 aliphatic carbocycles. The van der Waals surface area contributed by atoms with Gasteiger partial charge in [0, 0.05) is 32.0 Å². The zero-order valence-electron chi connectivity index (χ0n) is 13.9. The van der Waals surface area contributed by atoms with Crippen LogP contribution in [0.15, 0.2) is 12.3 Å².